The molecule has 0 N–H and O–H groups in total. The van der Waals surface area contributed by atoms with E-state index in [1.165, 1.54) is 12.1 Å². The molecule has 1 atom stereocenters. The molecule has 126 valence electrons. The summed E-state index contributed by atoms with van der Waals surface area (Å²) in [5, 5.41) is 0.0405. The lowest BCUT2D eigenvalue weighted by Gasteiger charge is -2.20. The number of amides is 1. The van der Waals surface area contributed by atoms with Crippen LogP contribution < -0.4 is 0 Å². The van der Waals surface area contributed by atoms with Gasteiger partial charge in [0.1, 0.15) is 11.6 Å². The van der Waals surface area contributed by atoms with E-state index in [9.17, 15) is 13.6 Å². The largest absolute Gasteiger partial charge is 0.338 e. The zero-order valence-corrected chi connectivity index (χ0v) is 14.3. The lowest BCUT2D eigenvalue weighted by atomic mass is 10.1. The maximum atomic E-state index is 14.0. The van der Waals surface area contributed by atoms with Crippen molar-refractivity contribution in [2.75, 3.05) is 18.8 Å². The Kier molecular flexibility index (Phi) is 5.19. The Morgan fingerprint density at radius 1 is 1.12 bits per heavy atom. The van der Waals surface area contributed by atoms with Gasteiger partial charge in [-0.25, -0.2) is 8.78 Å². The van der Waals surface area contributed by atoms with Crippen molar-refractivity contribution in [3.8, 4) is 0 Å². The van der Waals surface area contributed by atoms with E-state index >= 15 is 0 Å². The molecule has 0 bridgehead atoms. The number of halogens is 2. The van der Waals surface area contributed by atoms with Gasteiger partial charge in [-0.1, -0.05) is 24.3 Å². The fourth-order valence-electron chi connectivity index (χ4n) is 2.87. The van der Waals surface area contributed by atoms with Crippen LogP contribution in [0, 0.1) is 18.6 Å². The molecule has 0 aromatic heterocycles. The third-order valence-electron chi connectivity index (χ3n) is 4.30. The van der Waals surface area contributed by atoms with Crippen LogP contribution in [0.15, 0.2) is 42.5 Å². The van der Waals surface area contributed by atoms with Crippen LogP contribution in [-0.2, 0) is 0 Å². The molecule has 0 spiro atoms. The average molecular weight is 347 g/mol. The minimum atomic E-state index is -0.366. The molecule has 5 heteroatoms. The molecule has 1 saturated heterocycles. The van der Waals surface area contributed by atoms with Gasteiger partial charge in [0, 0.05) is 35.2 Å². The van der Waals surface area contributed by atoms with Crippen LogP contribution >= 0.6 is 11.8 Å². The summed E-state index contributed by atoms with van der Waals surface area (Å²) >= 11 is 1.67. The van der Waals surface area contributed by atoms with Crippen LogP contribution in [0.25, 0.3) is 0 Å². The Labute approximate surface area is 144 Å². The van der Waals surface area contributed by atoms with Crippen LogP contribution in [0.3, 0.4) is 0 Å². The lowest BCUT2D eigenvalue weighted by molar-refractivity contribution is 0.0766. The van der Waals surface area contributed by atoms with Crippen molar-refractivity contribution in [1.82, 2.24) is 4.90 Å². The van der Waals surface area contributed by atoms with Crippen molar-refractivity contribution >= 4 is 17.7 Å². The highest BCUT2D eigenvalue weighted by Crippen LogP contribution is 2.35. The first-order valence-electron chi connectivity index (χ1n) is 7.97. The third-order valence-corrected chi connectivity index (χ3v) is 5.61. The summed E-state index contributed by atoms with van der Waals surface area (Å²) in [5.74, 6) is 0.00682. The minimum Gasteiger partial charge on any atom is -0.338 e. The van der Waals surface area contributed by atoms with Crippen LogP contribution in [0.4, 0.5) is 8.78 Å². The first kappa shape index (κ1) is 17.0. The predicted molar refractivity (Wildman–Crippen MR) is 93.3 cm³/mol. The van der Waals surface area contributed by atoms with Gasteiger partial charge in [-0.2, -0.15) is 11.8 Å². The Morgan fingerprint density at radius 3 is 2.67 bits per heavy atom. The van der Waals surface area contributed by atoms with Crippen molar-refractivity contribution in [1.29, 1.82) is 0 Å². The molecule has 2 nitrogen and oxygen atoms in total. The standard InChI is InChI=1S/C19H19F2NOS/c1-13-6-7-14(12-17(13)21)19(23)22-9-8-18(24-11-10-22)15-4-2-3-5-16(15)20/h2-7,12,18H,8-11H2,1H3. The molecule has 1 aliphatic heterocycles. The Balaban J connectivity index is 1.72. The summed E-state index contributed by atoms with van der Waals surface area (Å²) in [4.78, 5) is 14.3. The summed E-state index contributed by atoms with van der Waals surface area (Å²) in [6, 6.07) is 11.4. The van der Waals surface area contributed by atoms with Gasteiger partial charge >= 0.3 is 0 Å². The van der Waals surface area contributed by atoms with Gasteiger partial charge in [0.25, 0.3) is 5.91 Å². The summed E-state index contributed by atoms with van der Waals surface area (Å²) in [6.07, 6.45) is 0.686. The van der Waals surface area contributed by atoms with Gasteiger partial charge in [0.2, 0.25) is 0 Å². The number of hydrogen-bond donors (Lipinski definition) is 0. The Hall–Kier alpha value is -1.88. The second-order valence-corrected chi connectivity index (χ2v) is 7.24. The smallest absolute Gasteiger partial charge is 0.253 e. The molecule has 2 aromatic rings. The molecular weight excluding hydrogens is 328 g/mol. The summed E-state index contributed by atoms with van der Waals surface area (Å²) in [7, 11) is 0. The molecule has 2 aromatic carbocycles. The van der Waals surface area contributed by atoms with Crippen LogP contribution in [-0.4, -0.2) is 29.6 Å². The molecule has 0 radical (unpaired) electrons. The van der Waals surface area contributed by atoms with Gasteiger partial charge < -0.3 is 4.90 Å². The monoisotopic (exact) mass is 347 g/mol. The van der Waals surface area contributed by atoms with E-state index in [0.29, 0.717) is 36.2 Å². The molecule has 1 heterocycles. The molecule has 24 heavy (non-hydrogen) atoms. The van der Waals surface area contributed by atoms with E-state index in [1.54, 1.807) is 47.9 Å². The topological polar surface area (TPSA) is 20.3 Å². The van der Waals surface area contributed by atoms with E-state index in [-0.39, 0.29) is 22.8 Å². The molecule has 1 aliphatic rings. The van der Waals surface area contributed by atoms with E-state index in [0.717, 1.165) is 5.75 Å². The molecular formula is C19H19F2NOS. The van der Waals surface area contributed by atoms with Crippen LogP contribution in [0.2, 0.25) is 0 Å². The van der Waals surface area contributed by atoms with E-state index in [2.05, 4.69) is 0 Å². The number of rotatable bonds is 2. The summed E-state index contributed by atoms with van der Waals surface area (Å²) < 4.78 is 27.7. The van der Waals surface area contributed by atoms with Crippen LogP contribution in [0.5, 0.6) is 0 Å². The van der Waals surface area contributed by atoms with Gasteiger partial charge in [0.05, 0.1) is 0 Å². The first-order valence-corrected chi connectivity index (χ1v) is 9.02. The van der Waals surface area contributed by atoms with Gasteiger partial charge in [0.15, 0.2) is 0 Å². The number of benzene rings is 2. The van der Waals surface area contributed by atoms with Gasteiger partial charge in [-0.3, -0.25) is 4.79 Å². The second-order valence-electron chi connectivity index (χ2n) is 5.93. The number of nitrogens with zero attached hydrogens (tertiary/aromatic N) is 1. The Bertz CT molecular complexity index is 750. The summed E-state index contributed by atoms with van der Waals surface area (Å²) in [5.41, 5.74) is 1.59. The van der Waals surface area contributed by atoms with Gasteiger partial charge in [-0.05, 0) is 37.1 Å². The normalized spacial score (nSPS) is 18.3. The van der Waals surface area contributed by atoms with Crippen molar-refractivity contribution in [3.63, 3.8) is 0 Å². The zero-order valence-electron chi connectivity index (χ0n) is 13.5. The average Bonchev–Trinajstić information content (AvgIpc) is 2.83. The highest BCUT2D eigenvalue weighted by molar-refractivity contribution is 7.99. The van der Waals surface area contributed by atoms with E-state index in [1.807, 2.05) is 6.07 Å². The van der Waals surface area contributed by atoms with Crippen LogP contribution in [0.1, 0.15) is 33.2 Å². The fraction of sp³-hybridized carbons (Fsp3) is 0.316. The molecule has 1 unspecified atom stereocenters. The van der Waals surface area contributed by atoms with E-state index in [4.69, 9.17) is 0 Å². The Morgan fingerprint density at radius 2 is 1.92 bits per heavy atom. The molecule has 0 saturated carbocycles. The maximum Gasteiger partial charge on any atom is 0.253 e. The summed E-state index contributed by atoms with van der Waals surface area (Å²) in [6.45, 7) is 2.80. The van der Waals surface area contributed by atoms with Crippen molar-refractivity contribution < 1.29 is 13.6 Å². The first-order chi connectivity index (χ1) is 11.6. The molecule has 3 rings (SSSR count). The highest BCUT2D eigenvalue weighted by atomic mass is 32.2. The minimum absolute atomic E-state index is 0.0405. The zero-order chi connectivity index (χ0) is 17.1. The molecule has 1 fully saturated rings. The van der Waals surface area contributed by atoms with Gasteiger partial charge in [-0.15, -0.1) is 0 Å². The quantitative estimate of drug-likeness (QED) is 0.792. The number of carbonyl (C=O) groups is 1. The second kappa shape index (κ2) is 7.34. The number of aryl methyl sites for hydroxylation is 1. The van der Waals surface area contributed by atoms with Crippen molar-refractivity contribution in [3.05, 3.63) is 70.8 Å². The predicted octanol–water partition coefficient (Wildman–Crippen LogP) is 4.59. The lowest BCUT2D eigenvalue weighted by Crippen LogP contribution is -2.33. The number of hydrogen-bond acceptors (Lipinski definition) is 2. The fourth-order valence-corrected chi connectivity index (χ4v) is 4.12. The van der Waals surface area contributed by atoms with Crippen molar-refractivity contribution in [2.24, 2.45) is 0 Å². The SMILES string of the molecule is Cc1ccc(C(=O)N2CCSC(c3ccccc3F)CC2)cc1F. The van der Waals surface area contributed by atoms with E-state index < -0.39 is 0 Å². The molecule has 1 amide bonds. The number of carbonyl (C=O) groups excluding carboxylic acids is 1. The maximum absolute atomic E-state index is 14.0. The number of thioether (sulfide) groups is 1. The molecule has 0 aliphatic carbocycles. The highest BCUT2D eigenvalue weighted by Gasteiger charge is 2.24. The van der Waals surface area contributed by atoms with Crippen molar-refractivity contribution in [2.45, 2.75) is 18.6 Å². The third kappa shape index (κ3) is 3.61.